The minimum atomic E-state index is -2.66. The van der Waals surface area contributed by atoms with Gasteiger partial charge >= 0.3 is 0 Å². The summed E-state index contributed by atoms with van der Waals surface area (Å²) >= 11 is 5.87. The first-order valence-electron chi connectivity index (χ1n) is 8.84. The van der Waals surface area contributed by atoms with E-state index in [-0.39, 0.29) is 28.8 Å². The normalized spacial score (nSPS) is 19.3. The molecule has 1 aromatic heterocycles. The predicted molar refractivity (Wildman–Crippen MR) is 92.4 cm³/mol. The Balaban J connectivity index is 1.64. The molecule has 126 valence electrons. The second-order valence-electron chi connectivity index (χ2n) is 5.46. The lowest BCUT2D eigenvalue weighted by molar-refractivity contribution is 0.0791. The van der Waals surface area contributed by atoms with Crippen molar-refractivity contribution in [2.24, 2.45) is 0 Å². The molecule has 0 bridgehead atoms. The number of methoxy groups -OCH3 is 1. The van der Waals surface area contributed by atoms with Gasteiger partial charge in [-0.05, 0) is 24.6 Å². The maximum atomic E-state index is 12.6. The molecule has 7 nitrogen and oxygen atoms in total. The van der Waals surface area contributed by atoms with Crippen molar-refractivity contribution in [2.75, 3.05) is 31.2 Å². The number of anilines is 2. The highest BCUT2D eigenvalue weighted by molar-refractivity contribution is 6.31. The fourth-order valence-electron chi connectivity index (χ4n) is 2.59. The minimum absolute atomic E-state index is 0.00145. The molecule has 1 amide bonds. The van der Waals surface area contributed by atoms with Crippen molar-refractivity contribution in [1.82, 2.24) is 14.9 Å². The molecular formula is C16H18ClN5O2. The number of likely N-dealkylation sites (tertiary alicyclic amines) is 1. The molecule has 3 rings (SSSR count). The zero-order chi connectivity index (χ0) is 19.6. The zero-order valence-electron chi connectivity index (χ0n) is 15.7. The average molecular weight is 351 g/mol. The van der Waals surface area contributed by atoms with Crippen LogP contribution in [0.2, 0.25) is 5.02 Å². The van der Waals surface area contributed by atoms with Crippen LogP contribution in [0.3, 0.4) is 0 Å². The number of hydrogen-bond donors (Lipinski definition) is 2. The summed E-state index contributed by atoms with van der Waals surface area (Å²) in [4.78, 5) is 22.3. The second kappa shape index (κ2) is 6.92. The Morgan fingerprint density at radius 2 is 2.46 bits per heavy atom. The molecule has 1 aromatic carbocycles. The molecule has 24 heavy (non-hydrogen) atoms. The summed E-state index contributed by atoms with van der Waals surface area (Å²) in [7, 11) is -2.66. The Morgan fingerprint density at radius 3 is 3.25 bits per heavy atom. The number of benzene rings is 1. The molecule has 1 saturated heterocycles. The van der Waals surface area contributed by atoms with E-state index in [1.807, 2.05) is 0 Å². The fourth-order valence-corrected chi connectivity index (χ4v) is 2.72. The number of rotatable bonds is 4. The van der Waals surface area contributed by atoms with Crippen LogP contribution in [-0.2, 0) is 0 Å². The number of aromatic nitrogens is 2. The van der Waals surface area contributed by atoms with E-state index in [1.54, 1.807) is 29.2 Å². The lowest BCUT2D eigenvalue weighted by atomic mass is 10.2. The quantitative estimate of drug-likeness (QED) is 0.820. The lowest BCUT2D eigenvalue weighted by Gasteiger charge is -2.17. The van der Waals surface area contributed by atoms with Crippen molar-refractivity contribution in [3.8, 4) is 5.88 Å². The van der Waals surface area contributed by atoms with Gasteiger partial charge in [0.15, 0.2) is 0 Å². The smallest absolute Gasteiger partial charge is 0.254 e. The van der Waals surface area contributed by atoms with E-state index in [2.05, 4.69) is 15.3 Å². The van der Waals surface area contributed by atoms with Crippen molar-refractivity contribution in [3.05, 3.63) is 41.0 Å². The predicted octanol–water partition coefficient (Wildman–Crippen LogP) is 2.05. The molecule has 2 aromatic rings. The van der Waals surface area contributed by atoms with Crippen LogP contribution in [0.4, 0.5) is 11.6 Å². The van der Waals surface area contributed by atoms with Gasteiger partial charge in [0.1, 0.15) is 5.02 Å². The summed E-state index contributed by atoms with van der Waals surface area (Å²) in [6.07, 6.45) is 1.96. The molecule has 1 atom stereocenters. The van der Waals surface area contributed by atoms with Gasteiger partial charge in [0, 0.05) is 30.4 Å². The van der Waals surface area contributed by atoms with E-state index in [0.29, 0.717) is 30.8 Å². The highest BCUT2D eigenvalue weighted by Gasteiger charge is 2.27. The van der Waals surface area contributed by atoms with Crippen LogP contribution in [0.1, 0.15) is 20.9 Å². The largest absolute Gasteiger partial charge is 0.480 e. The summed E-state index contributed by atoms with van der Waals surface area (Å²) in [6.45, 7) is 1.02. The number of carbonyl (C=O) groups is 1. The topological polar surface area (TPSA) is 93.4 Å². The third-order valence-electron chi connectivity index (χ3n) is 3.75. The van der Waals surface area contributed by atoms with E-state index >= 15 is 0 Å². The first-order chi connectivity index (χ1) is 12.7. The van der Waals surface area contributed by atoms with Gasteiger partial charge in [0.25, 0.3) is 5.91 Å². The van der Waals surface area contributed by atoms with Crippen molar-refractivity contribution in [2.45, 2.75) is 12.5 Å². The van der Waals surface area contributed by atoms with Crippen LogP contribution in [0.25, 0.3) is 0 Å². The minimum Gasteiger partial charge on any atom is -0.480 e. The van der Waals surface area contributed by atoms with Crippen LogP contribution in [0.15, 0.2) is 30.5 Å². The van der Waals surface area contributed by atoms with Gasteiger partial charge in [-0.1, -0.05) is 17.7 Å². The van der Waals surface area contributed by atoms with Crippen LogP contribution in [-0.4, -0.2) is 46.9 Å². The number of nitrogens with two attached hydrogens (primary N) is 1. The SMILES string of the molecule is [2H]C([2H])([2H])Oc1nc(N[C@H]2CCN(C(=O)c3cccc(N)c3)C2)ncc1Cl. The van der Waals surface area contributed by atoms with Crippen molar-refractivity contribution in [1.29, 1.82) is 0 Å². The van der Waals surface area contributed by atoms with Gasteiger partial charge in [0.05, 0.1) is 17.3 Å². The van der Waals surface area contributed by atoms with E-state index in [0.717, 1.165) is 0 Å². The number of ether oxygens (including phenoxy) is 1. The lowest BCUT2D eigenvalue weighted by Crippen LogP contribution is -2.31. The maximum Gasteiger partial charge on any atom is 0.254 e. The van der Waals surface area contributed by atoms with Gasteiger partial charge in [-0.2, -0.15) is 4.98 Å². The number of hydrogen-bond acceptors (Lipinski definition) is 6. The molecule has 0 spiro atoms. The van der Waals surface area contributed by atoms with Crippen LogP contribution < -0.4 is 15.8 Å². The van der Waals surface area contributed by atoms with E-state index in [9.17, 15) is 4.79 Å². The molecular weight excluding hydrogens is 330 g/mol. The molecule has 1 fully saturated rings. The maximum absolute atomic E-state index is 12.6. The van der Waals surface area contributed by atoms with E-state index < -0.39 is 7.04 Å². The number of amides is 1. The molecule has 2 heterocycles. The third-order valence-corrected chi connectivity index (χ3v) is 4.01. The second-order valence-corrected chi connectivity index (χ2v) is 5.86. The van der Waals surface area contributed by atoms with Crippen LogP contribution in [0.5, 0.6) is 5.88 Å². The van der Waals surface area contributed by atoms with Crippen molar-refractivity contribution in [3.63, 3.8) is 0 Å². The molecule has 0 saturated carbocycles. The van der Waals surface area contributed by atoms with E-state index in [4.69, 9.17) is 26.2 Å². The first kappa shape index (κ1) is 12.8. The van der Waals surface area contributed by atoms with Crippen molar-refractivity contribution < 1.29 is 13.6 Å². The number of nitrogen functional groups attached to an aromatic ring is 1. The Hall–Kier alpha value is -2.54. The Kier molecular flexibility index (Phi) is 3.70. The van der Waals surface area contributed by atoms with Crippen LogP contribution >= 0.6 is 11.6 Å². The van der Waals surface area contributed by atoms with E-state index in [1.165, 1.54) is 6.20 Å². The van der Waals surface area contributed by atoms with Crippen LogP contribution in [0, 0.1) is 0 Å². The molecule has 8 heteroatoms. The number of nitrogens with zero attached hydrogens (tertiary/aromatic N) is 3. The summed E-state index contributed by atoms with van der Waals surface area (Å²) in [5.41, 5.74) is 6.80. The summed E-state index contributed by atoms with van der Waals surface area (Å²) in [5.74, 6) is -0.142. The van der Waals surface area contributed by atoms with Gasteiger partial charge in [-0.15, -0.1) is 0 Å². The highest BCUT2D eigenvalue weighted by atomic mass is 35.5. The Morgan fingerprint density at radius 1 is 1.58 bits per heavy atom. The number of halogens is 1. The molecule has 1 aliphatic heterocycles. The number of carbonyl (C=O) groups excluding carboxylic acids is 1. The van der Waals surface area contributed by atoms with Crippen molar-refractivity contribution >= 4 is 29.1 Å². The molecule has 0 radical (unpaired) electrons. The molecule has 0 aliphatic carbocycles. The zero-order valence-corrected chi connectivity index (χ0v) is 13.5. The van der Waals surface area contributed by atoms with Gasteiger partial charge < -0.3 is 20.7 Å². The third kappa shape index (κ3) is 3.51. The Labute approximate surface area is 149 Å². The number of nitrogens with one attached hydrogen (secondary N) is 1. The fraction of sp³-hybridized carbons (Fsp3) is 0.312. The Bertz CT molecular complexity index is 849. The summed E-state index contributed by atoms with van der Waals surface area (Å²) in [6, 6.07) is 6.74. The van der Waals surface area contributed by atoms with Gasteiger partial charge in [-0.3, -0.25) is 4.79 Å². The highest BCUT2D eigenvalue weighted by Crippen LogP contribution is 2.23. The van der Waals surface area contributed by atoms with Gasteiger partial charge in [-0.25, -0.2) is 4.98 Å². The average Bonchev–Trinajstić information content (AvgIpc) is 3.04. The monoisotopic (exact) mass is 350 g/mol. The molecule has 1 aliphatic rings. The standard InChI is InChI=1S/C16H18ClN5O2/c1-24-14-13(17)8-19-16(21-14)20-12-5-6-22(9-12)15(23)10-3-2-4-11(18)7-10/h2-4,7-8,12H,5-6,9,18H2,1H3,(H,19,20,21)/t12-/m0/s1/i1D3. The van der Waals surface area contributed by atoms with Gasteiger partial charge in [0.2, 0.25) is 11.8 Å². The molecule has 3 N–H and O–H groups in total. The summed E-state index contributed by atoms with van der Waals surface area (Å²) < 4.78 is 26.2. The first-order valence-corrected chi connectivity index (χ1v) is 7.72. The molecule has 0 unspecified atom stereocenters. The summed E-state index contributed by atoms with van der Waals surface area (Å²) in [5, 5.41) is 3.08.